The van der Waals surface area contributed by atoms with Gasteiger partial charge in [0, 0.05) is 35.4 Å². The van der Waals surface area contributed by atoms with E-state index in [9.17, 15) is 20.2 Å². The lowest BCUT2D eigenvalue weighted by Gasteiger charge is -2.16. The van der Waals surface area contributed by atoms with Gasteiger partial charge in [-0.05, 0) is 0 Å². The third kappa shape index (κ3) is 4.38. The number of hydrogen-bond acceptors (Lipinski definition) is 5. The van der Waals surface area contributed by atoms with Crippen LogP contribution >= 0.6 is 23.2 Å². The topological polar surface area (TPSA) is 95.5 Å². The number of hydrogen-bond donors (Lipinski definition) is 0. The normalized spacial score (nSPS) is 13.3. The molecule has 0 N–H and O–H groups in total. The predicted octanol–water partition coefficient (Wildman–Crippen LogP) is 4.69. The Morgan fingerprint density at radius 1 is 0.826 bits per heavy atom. The number of benzene rings is 2. The molecule has 2 atom stereocenters. The van der Waals surface area contributed by atoms with Crippen LogP contribution in [0.3, 0.4) is 0 Å². The second kappa shape index (κ2) is 7.36. The van der Waals surface area contributed by atoms with E-state index in [4.69, 9.17) is 27.9 Å². The van der Waals surface area contributed by atoms with E-state index in [0.29, 0.717) is 11.1 Å². The number of non-ortho nitro benzene ring substituents is 2. The summed E-state index contributed by atoms with van der Waals surface area (Å²) in [4.78, 5) is 20.4. The van der Waals surface area contributed by atoms with Gasteiger partial charge < -0.3 is 4.74 Å². The molecule has 0 bridgehead atoms. The van der Waals surface area contributed by atoms with E-state index in [1.807, 2.05) is 0 Å². The number of nitro groups is 2. The Morgan fingerprint density at radius 3 is 1.57 bits per heavy atom. The molecule has 0 heterocycles. The molecule has 0 unspecified atom stereocenters. The Morgan fingerprint density at radius 2 is 1.22 bits per heavy atom. The molecule has 0 saturated carbocycles. The molecule has 0 aromatic heterocycles. The lowest BCUT2D eigenvalue weighted by Crippen LogP contribution is -2.03. The van der Waals surface area contributed by atoms with Crippen molar-refractivity contribution in [3.63, 3.8) is 0 Å². The van der Waals surface area contributed by atoms with Gasteiger partial charge in [0.15, 0.2) is 11.1 Å². The highest BCUT2D eigenvalue weighted by molar-refractivity contribution is 6.22. The van der Waals surface area contributed by atoms with E-state index in [1.165, 1.54) is 36.4 Å². The van der Waals surface area contributed by atoms with Gasteiger partial charge in [-0.2, -0.15) is 0 Å². The van der Waals surface area contributed by atoms with Gasteiger partial charge in [-0.3, -0.25) is 20.2 Å². The van der Waals surface area contributed by atoms with E-state index in [-0.39, 0.29) is 11.4 Å². The number of nitro benzene ring substituents is 2. The van der Waals surface area contributed by atoms with Gasteiger partial charge >= 0.3 is 0 Å². The third-order valence-electron chi connectivity index (χ3n) is 2.93. The van der Waals surface area contributed by atoms with Crippen molar-refractivity contribution in [1.29, 1.82) is 0 Å². The van der Waals surface area contributed by atoms with E-state index in [0.717, 1.165) is 0 Å². The largest absolute Gasteiger partial charge is 0.335 e. The minimum Gasteiger partial charge on any atom is -0.335 e. The molecule has 0 saturated heterocycles. The smallest absolute Gasteiger partial charge is 0.269 e. The molecule has 0 fully saturated rings. The minimum atomic E-state index is -1.04. The first kappa shape index (κ1) is 17.1. The van der Waals surface area contributed by atoms with Crippen molar-refractivity contribution in [3.8, 4) is 0 Å². The van der Waals surface area contributed by atoms with Crippen molar-refractivity contribution in [2.45, 2.75) is 11.1 Å². The maximum absolute atomic E-state index is 10.8. The summed E-state index contributed by atoms with van der Waals surface area (Å²) < 4.78 is 5.38. The fourth-order valence-corrected chi connectivity index (χ4v) is 2.35. The molecule has 120 valence electrons. The highest BCUT2D eigenvalue weighted by atomic mass is 35.5. The molecular weight excluding hydrogens is 347 g/mol. The van der Waals surface area contributed by atoms with Gasteiger partial charge in [0.05, 0.1) is 9.85 Å². The maximum atomic E-state index is 10.8. The maximum Gasteiger partial charge on any atom is 0.269 e. The molecule has 23 heavy (non-hydrogen) atoms. The van der Waals surface area contributed by atoms with Crippen molar-refractivity contribution < 1.29 is 14.6 Å². The molecule has 2 rings (SSSR count). The van der Waals surface area contributed by atoms with Crippen molar-refractivity contribution in [1.82, 2.24) is 0 Å². The Balaban J connectivity index is 2.14. The highest BCUT2D eigenvalue weighted by Gasteiger charge is 2.19. The second-order valence-electron chi connectivity index (χ2n) is 4.47. The fraction of sp³-hybridized carbons (Fsp3) is 0.143. The summed E-state index contributed by atoms with van der Waals surface area (Å²) in [5.74, 6) is 0. The summed E-state index contributed by atoms with van der Waals surface area (Å²) in [6, 6.07) is 11.3. The Labute approximate surface area is 140 Å². The van der Waals surface area contributed by atoms with Gasteiger partial charge in [-0.25, -0.2) is 0 Å². The van der Waals surface area contributed by atoms with Crippen LogP contribution in [0.25, 0.3) is 0 Å². The van der Waals surface area contributed by atoms with Crippen LogP contribution in [0.1, 0.15) is 22.3 Å². The van der Waals surface area contributed by atoms with Gasteiger partial charge in [-0.1, -0.05) is 47.5 Å². The van der Waals surface area contributed by atoms with Crippen LogP contribution < -0.4 is 0 Å². The summed E-state index contributed by atoms with van der Waals surface area (Å²) >= 11 is 12.1. The molecule has 0 aliphatic heterocycles. The van der Waals surface area contributed by atoms with Crippen molar-refractivity contribution in [2.75, 3.05) is 0 Å². The third-order valence-corrected chi connectivity index (χ3v) is 3.63. The summed E-state index contributed by atoms with van der Waals surface area (Å²) in [5.41, 5.74) is -1.63. The first-order valence-corrected chi connectivity index (χ1v) is 7.18. The average Bonchev–Trinajstić information content (AvgIpc) is 2.54. The monoisotopic (exact) mass is 356 g/mol. The lowest BCUT2D eigenvalue weighted by atomic mass is 10.2. The van der Waals surface area contributed by atoms with Crippen LogP contribution in [0.5, 0.6) is 0 Å². The molecule has 0 aliphatic rings. The van der Waals surface area contributed by atoms with E-state index in [1.54, 1.807) is 12.1 Å². The van der Waals surface area contributed by atoms with Crippen molar-refractivity contribution >= 4 is 34.6 Å². The van der Waals surface area contributed by atoms with Crippen LogP contribution in [0.15, 0.2) is 48.5 Å². The van der Waals surface area contributed by atoms with Crippen molar-refractivity contribution in [3.05, 3.63) is 79.9 Å². The molecule has 7 nitrogen and oxygen atoms in total. The SMILES string of the molecule is O=[N+]([O-])c1cccc([C@@H](Cl)O[C@H](Cl)c2cccc([N+](=O)[O-])c2)c1. The lowest BCUT2D eigenvalue weighted by molar-refractivity contribution is -0.385. The minimum absolute atomic E-state index is 0.127. The second-order valence-corrected chi connectivity index (χ2v) is 5.27. The van der Waals surface area contributed by atoms with E-state index < -0.39 is 21.0 Å². The Hall–Kier alpha value is -2.22. The van der Waals surface area contributed by atoms with Crippen LogP contribution in [0, 0.1) is 20.2 Å². The first-order chi connectivity index (χ1) is 10.9. The zero-order valence-corrected chi connectivity index (χ0v) is 13.0. The van der Waals surface area contributed by atoms with Crippen LogP contribution in [0.4, 0.5) is 11.4 Å². The fourth-order valence-electron chi connectivity index (χ4n) is 1.82. The Bertz CT molecular complexity index is 679. The summed E-state index contributed by atoms with van der Waals surface area (Å²) in [6.07, 6.45) is 0. The van der Waals surface area contributed by atoms with Crippen LogP contribution in [-0.4, -0.2) is 9.85 Å². The predicted molar refractivity (Wildman–Crippen MR) is 84.5 cm³/mol. The quantitative estimate of drug-likeness (QED) is 0.424. The van der Waals surface area contributed by atoms with Crippen LogP contribution in [0.2, 0.25) is 0 Å². The van der Waals surface area contributed by atoms with Gasteiger partial charge in [0.25, 0.3) is 11.4 Å². The molecule has 9 heteroatoms. The van der Waals surface area contributed by atoms with Gasteiger partial charge in [0.1, 0.15) is 0 Å². The summed E-state index contributed by atoms with van der Waals surface area (Å²) in [5, 5.41) is 21.5. The van der Waals surface area contributed by atoms with Gasteiger partial charge in [0.2, 0.25) is 0 Å². The number of ether oxygens (including phenoxy) is 1. The van der Waals surface area contributed by atoms with Gasteiger partial charge in [-0.15, -0.1) is 0 Å². The molecule has 0 spiro atoms. The molecular formula is C14H10Cl2N2O5. The summed E-state index contributed by atoms with van der Waals surface area (Å²) in [7, 11) is 0. The Kier molecular flexibility index (Phi) is 5.49. The average molecular weight is 357 g/mol. The summed E-state index contributed by atoms with van der Waals surface area (Å²) in [6.45, 7) is 0. The van der Waals surface area contributed by atoms with E-state index in [2.05, 4.69) is 0 Å². The van der Waals surface area contributed by atoms with Crippen molar-refractivity contribution in [2.24, 2.45) is 0 Å². The number of halogens is 2. The standard InChI is InChI=1S/C14H10Cl2N2O5/c15-13(9-3-1-5-11(7-9)17(19)20)23-14(16)10-4-2-6-12(8-10)18(21)22/h1-8,13-14H/t13-,14-/m0/s1. The number of alkyl halides is 2. The van der Waals surface area contributed by atoms with Crippen LogP contribution in [-0.2, 0) is 4.74 Å². The zero-order chi connectivity index (χ0) is 17.0. The number of nitrogens with zero attached hydrogens (tertiary/aromatic N) is 2. The first-order valence-electron chi connectivity index (χ1n) is 6.31. The zero-order valence-electron chi connectivity index (χ0n) is 11.5. The molecule has 0 radical (unpaired) electrons. The molecule has 2 aromatic rings. The number of rotatable bonds is 6. The molecule has 0 aliphatic carbocycles. The molecule has 2 aromatic carbocycles. The molecule has 0 amide bonds. The van der Waals surface area contributed by atoms with E-state index >= 15 is 0 Å². The highest BCUT2D eigenvalue weighted by Crippen LogP contribution is 2.34.